The molecular weight excluding hydrogens is 504 g/mol. The number of hydrogen-bond acceptors (Lipinski definition) is 2. The van der Waals surface area contributed by atoms with Crippen molar-refractivity contribution in [3.05, 3.63) is 98.4 Å². The maximum absolute atomic E-state index is 13.3. The van der Waals surface area contributed by atoms with Gasteiger partial charge in [0.25, 0.3) is 5.91 Å². The molecule has 3 nitrogen and oxygen atoms in total. The Morgan fingerprint density at radius 2 is 1.63 bits per heavy atom. The van der Waals surface area contributed by atoms with Crippen LogP contribution in [0.4, 0.5) is 0 Å². The summed E-state index contributed by atoms with van der Waals surface area (Å²) in [5.41, 5.74) is 5.27. The van der Waals surface area contributed by atoms with E-state index in [-0.39, 0.29) is 11.9 Å². The second kappa shape index (κ2) is 8.70. The van der Waals surface area contributed by atoms with Gasteiger partial charge in [0.05, 0.1) is 22.8 Å². The van der Waals surface area contributed by atoms with E-state index in [4.69, 9.17) is 4.98 Å². The molecule has 0 aliphatic heterocycles. The van der Waals surface area contributed by atoms with Gasteiger partial charge in [-0.2, -0.15) is 0 Å². The molecule has 1 heterocycles. The normalized spacial score (nSPS) is 12.0. The van der Waals surface area contributed by atoms with Gasteiger partial charge in [-0.05, 0) is 55.3 Å². The molecule has 30 heavy (non-hydrogen) atoms. The van der Waals surface area contributed by atoms with Crippen molar-refractivity contribution in [3.63, 3.8) is 0 Å². The highest BCUT2D eigenvalue weighted by atomic mass is 79.9. The number of aryl methyl sites for hydroxylation is 1. The summed E-state index contributed by atoms with van der Waals surface area (Å²) in [6.45, 7) is 4.01. The van der Waals surface area contributed by atoms with Gasteiger partial charge in [-0.1, -0.05) is 74.3 Å². The number of halogens is 2. The lowest BCUT2D eigenvalue weighted by Gasteiger charge is -2.17. The Morgan fingerprint density at radius 1 is 0.933 bits per heavy atom. The van der Waals surface area contributed by atoms with Crippen molar-refractivity contribution in [2.24, 2.45) is 0 Å². The number of nitrogens with one attached hydrogen (secondary N) is 1. The molecule has 0 bridgehead atoms. The van der Waals surface area contributed by atoms with Crippen LogP contribution < -0.4 is 5.32 Å². The first-order chi connectivity index (χ1) is 14.4. The van der Waals surface area contributed by atoms with E-state index in [1.54, 1.807) is 0 Å². The Bertz CT molecular complexity index is 1220. The summed E-state index contributed by atoms with van der Waals surface area (Å²) in [6, 6.07) is 23.7. The lowest BCUT2D eigenvalue weighted by molar-refractivity contribution is 0.0941. The maximum atomic E-state index is 13.3. The van der Waals surface area contributed by atoms with Crippen LogP contribution in [0.25, 0.3) is 22.2 Å². The molecule has 1 N–H and O–H groups in total. The third-order valence-electron chi connectivity index (χ3n) is 5.10. The molecule has 0 fully saturated rings. The monoisotopic (exact) mass is 522 g/mol. The molecule has 0 spiro atoms. The van der Waals surface area contributed by atoms with Crippen molar-refractivity contribution in [3.8, 4) is 11.3 Å². The highest BCUT2D eigenvalue weighted by Gasteiger charge is 2.18. The van der Waals surface area contributed by atoms with Crippen LogP contribution in [0.3, 0.4) is 0 Å². The lowest BCUT2D eigenvalue weighted by Crippen LogP contribution is -2.27. The van der Waals surface area contributed by atoms with Gasteiger partial charge in [0, 0.05) is 19.9 Å². The Labute approximate surface area is 192 Å². The van der Waals surface area contributed by atoms with Gasteiger partial charge in [-0.15, -0.1) is 0 Å². The van der Waals surface area contributed by atoms with E-state index in [0.29, 0.717) is 5.56 Å². The van der Waals surface area contributed by atoms with Crippen LogP contribution in [-0.2, 0) is 0 Å². The first kappa shape index (κ1) is 20.8. The zero-order valence-corrected chi connectivity index (χ0v) is 19.8. The van der Waals surface area contributed by atoms with Gasteiger partial charge in [0.15, 0.2) is 0 Å². The summed E-state index contributed by atoms with van der Waals surface area (Å²) in [5, 5.41) is 3.98. The molecule has 4 aromatic rings. The highest BCUT2D eigenvalue weighted by molar-refractivity contribution is 9.10. The van der Waals surface area contributed by atoms with Crippen LogP contribution in [-0.4, -0.2) is 10.9 Å². The number of nitrogens with zero attached hydrogens (tertiary/aromatic N) is 1. The van der Waals surface area contributed by atoms with Gasteiger partial charge in [0.1, 0.15) is 0 Å². The molecule has 0 aliphatic carbocycles. The third-order valence-corrected chi connectivity index (χ3v) is 6.09. The quantitative estimate of drug-likeness (QED) is 0.306. The first-order valence-corrected chi connectivity index (χ1v) is 11.2. The van der Waals surface area contributed by atoms with Gasteiger partial charge in [-0.25, -0.2) is 4.98 Å². The molecule has 1 atom stereocenters. The fraction of sp³-hybridized carbons (Fsp3) is 0.120. The highest BCUT2D eigenvalue weighted by Crippen LogP contribution is 2.30. The minimum Gasteiger partial charge on any atom is -0.345 e. The number of hydrogen-bond donors (Lipinski definition) is 1. The number of rotatable bonds is 4. The number of carbonyl (C=O) groups is 1. The van der Waals surface area contributed by atoms with E-state index in [1.165, 1.54) is 0 Å². The zero-order chi connectivity index (χ0) is 21.3. The topological polar surface area (TPSA) is 42.0 Å². The third kappa shape index (κ3) is 4.32. The standard InChI is InChI=1S/C25H20Br2N2O/c1-15-12-20(27)13-21-22(25(30)28-16(2)17-6-4-3-5-7-17)14-23(29-24(15)21)18-8-10-19(26)11-9-18/h3-14,16H,1-2H3,(H,28,30)/t16-/m0/s1. The molecular formula is C25H20Br2N2O. The fourth-order valence-electron chi connectivity index (χ4n) is 3.51. The van der Waals surface area contributed by atoms with Gasteiger partial charge < -0.3 is 5.32 Å². The van der Waals surface area contributed by atoms with E-state index >= 15 is 0 Å². The van der Waals surface area contributed by atoms with E-state index < -0.39 is 0 Å². The Hall–Kier alpha value is -2.50. The smallest absolute Gasteiger partial charge is 0.252 e. The summed E-state index contributed by atoms with van der Waals surface area (Å²) in [6.07, 6.45) is 0. The number of fused-ring (bicyclic) bond motifs is 1. The summed E-state index contributed by atoms with van der Waals surface area (Å²) < 4.78 is 1.93. The molecule has 0 aliphatic rings. The van der Waals surface area contributed by atoms with Gasteiger partial charge in [0.2, 0.25) is 0 Å². The molecule has 0 radical (unpaired) electrons. The second-order valence-corrected chi connectivity index (χ2v) is 9.12. The van der Waals surface area contributed by atoms with Crippen LogP contribution in [0.2, 0.25) is 0 Å². The zero-order valence-electron chi connectivity index (χ0n) is 16.6. The summed E-state index contributed by atoms with van der Waals surface area (Å²) in [7, 11) is 0. The van der Waals surface area contributed by atoms with Crippen molar-refractivity contribution in [1.82, 2.24) is 10.3 Å². The average molecular weight is 524 g/mol. The maximum Gasteiger partial charge on any atom is 0.252 e. The van der Waals surface area contributed by atoms with Crippen LogP contribution in [0.5, 0.6) is 0 Å². The lowest BCUT2D eigenvalue weighted by atomic mass is 10.0. The molecule has 4 rings (SSSR count). The predicted octanol–water partition coefficient (Wildman–Crippen LogP) is 7.23. The van der Waals surface area contributed by atoms with Gasteiger partial charge >= 0.3 is 0 Å². The number of benzene rings is 3. The number of pyridine rings is 1. The second-order valence-electron chi connectivity index (χ2n) is 7.29. The van der Waals surface area contributed by atoms with Crippen LogP contribution >= 0.6 is 31.9 Å². The number of amides is 1. The molecule has 0 unspecified atom stereocenters. The number of aromatic nitrogens is 1. The molecule has 150 valence electrons. The molecule has 3 aromatic carbocycles. The largest absolute Gasteiger partial charge is 0.345 e. The van der Waals surface area contributed by atoms with Gasteiger partial charge in [-0.3, -0.25) is 4.79 Å². The minimum atomic E-state index is -0.116. The number of carbonyl (C=O) groups excluding carboxylic acids is 1. The van der Waals surface area contributed by atoms with Crippen LogP contribution in [0.15, 0.2) is 81.7 Å². The van der Waals surface area contributed by atoms with Crippen LogP contribution in [0, 0.1) is 6.92 Å². The Kier molecular flexibility index (Phi) is 6.02. The summed E-state index contributed by atoms with van der Waals surface area (Å²) in [5.74, 6) is -0.116. The van der Waals surface area contributed by atoms with E-state index in [9.17, 15) is 4.79 Å². The SMILES string of the molecule is Cc1cc(Br)cc2c(C(=O)N[C@@H](C)c3ccccc3)cc(-c3ccc(Br)cc3)nc12. The fourth-order valence-corrected chi connectivity index (χ4v) is 4.35. The Morgan fingerprint density at radius 3 is 2.33 bits per heavy atom. The van der Waals surface area contributed by atoms with E-state index in [2.05, 4.69) is 37.2 Å². The molecule has 1 aromatic heterocycles. The predicted molar refractivity (Wildman–Crippen MR) is 130 cm³/mol. The first-order valence-electron chi connectivity index (χ1n) is 9.65. The van der Waals surface area contributed by atoms with E-state index in [0.717, 1.165) is 42.2 Å². The van der Waals surface area contributed by atoms with Crippen molar-refractivity contribution >= 4 is 48.7 Å². The molecule has 5 heteroatoms. The molecule has 0 saturated heterocycles. The summed E-state index contributed by atoms with van der Waals surface area (Å²) in [4.78, 5) is 18.2. The van der Waals surface area contributed by atoms with Crippen molar-refractivity contribution in [2.45, 2.75) is 19.9 Å². The van der Waals surface area contributed by atoms with Crippen molar-refractivity contribution < 1.29 is 4.79 Å². The Balaban J connectivity index is 1.82. The van der Waals surface area contributed by atoms with E-state index in [1.807, 2.05) is 86.6 Å². The van der Waals surface area contributed by atoms with Crippen molar-refractivity contribution in [2.75, 3.05) is 0 Å². The average Bonchev–Trinajstić information content (AvgIpc) is 2.74. The summed E-state index contributed by atoms with van der Waals surface area (Å²) >= 11 is 7.04. The van der Waals surface area contributed by atoms with Crippen LogP contribution in [0.1, 0.15) is 34.5 Å². The minimum absolute atomic E-state index is 0.105. The van der Waals surface area contributed by atoms with Crippen molar-refractivity contribution in [1.29, 1.82) is 0 Å². The molecule has 1 amide bonds. The molecule has 0 saturated carbocycles.